The minimum Gasteiger partial charge on any atom is -0.349 e. The van der Waals surface area contributed by atoms with Gasteiger partial charge in [0.25, 0.3) is 5.91 Å². The Hall–Kier alpha value is -1.15. The second-order valence-electron chi connectivity index (χ2n) is 7.35. The average molecular weight is 416 g/mol. The number of benzene rings is 1. The predicted octanol–water partition coefficient (Wildman–Crippen LogP) is 2.53. The Morgan fingerprint density at radius 1 is 1.11 bits per heavy atom. The number of hydrogen-bond donors (Lipinski definition) is 2. The summed E-state index contributed by atoms with van der Waals surface area (Å²) < 4.78 is 27.4. The van der Waals surface area contributed by atoms with Crippen molar-refractivity contribution < 1.29 is 13.2 Å². The third-order valence-electron chi connectivity index (χ3n) is 5.58. The normalized spacial score (nSPS) is 24.0. The largest absolute Gasteiger partial charge is 0.349 e. The van der Waals surface area contributed by atoms with E-state index in [1.807, 2.05) is 0 Å². The number of carbonyl (C=O) groups is 1. The van der Waals surface area contributed by atoms with E-state index in [0.29, 0.717) is 31.1 Å². The lowest BCUT2D eigenvalue weighted by molar-refractivity contribution is 0.0928. The summed E-state index contributed by atoms with van der Waals surface area (Å²) in [5.74, 6) is 0.0891. The molecule has 1 aliphatic carbocycles. The van der Waals surface area contributed by atoms with Crippen molar-refractivity contribution in [3.8, 4) is 0 Å². The molecule has 2 unspecified atom stereocenters. The highest BCUT2D eigenvalue weighted by molar-refractivity contribution is 7.89. The quantitative estimate of drug-likeness (QED) is 0.772. The van der Waals surface area contributed by atoms with Crippen LogP contribution in [0.3, 0.4) is 0 Å². The molecule has 6 nitrogen and oxygen atoms in total. The van der Waals surface area contributed by atoms with Gasteiger partial charge in [0.05, 0.1) is 4.90 Å². The number of halogens is 1. The topological polar surface area (TPSA) is 92.5 Å². The second-order valence-corrected chi connectivity index (χ2v) is 9.29. The van der Waals surface area contributed by atoms with Crippen LogP contribution >= 0.6 is 12.4 Å². The summed E-state index contributed by atoms with van der Waals surface area (Å²) in [6.07, 6.45) is 6.94. The lowest BCUT2D eigenvalue weighted by atomic mass is 10.0. The van der Waals surface area contributed by atoms with E-state index >= 15 is 0 Å². The van der Waals surface area contributed by atoms with Crippen LogP contribution in [-0.2, 0) is 10.0 Å². The number of amides is 1. The third-order valence-corrected chi connectivity index (χ3v) is 7.47. The zero-order valence-electron chi connectivity index (χ0n) is 15.6. The van der Waals surface area contributed by atoms with Gasteiger partial charge in [-0.15, -0.1) is 12.4 Å². The highest BCUT2D eigenvalue weighted by Gasteiger charge is 2.29. The fourth-order valence-electron chi connectivity index (χ4n) is 3.99. The maximum Gasteiger partial charge on any atom is 0.251 e. The van der Waals surface area contributed by atoms with Crippen LogP contribution in [0.1, 0.15) is 55.3 Å². The highest BCUT2D eigenvalue weighted by Crippen LogP contribution is 2.25. The zero-order valence-corrected chi connectivity index (χ0v) is 17.2. The Balaban J connectivity index is 0.00000261. The molecule has 3 N–H and O–H groups in total. The van der Waals surface area contributed by atoms with E-state index in [0.717, 1.165) is 44.9 Å². The van der Waals surface area contributed by atoms with E-state index in [1.54, 1.807) is 22.5 Å². The molecule has 1 aliphatic heterocycles. The Bertz CT molecular complexity index is 733. The van der Waals surface area contributed by atoms with Crippen LogP contribution in [0.4, 0.5) is 0 Å². The molecule has 0 spiro atoms. The van der Waals surface area contributed by atoms with Gasteiger partial charge in [0.1, 0.15) is 0 Å². The first-order valence-corrected chi connectivity index (χ1v) is 11.1. The van der Waals surface area contributed by atoms with E-state index in [9.17, 15) is 13.2 Å². The van der Waals surface area contributed by atoms with Crippen molar-refractivity contribution in [1.82, 2.24) is 9.62 Å². The summed E-state index contributed by atoms with van der Waals surface area (Å²) in [5.41, 5.74) is 6.17. The maximum atomic E-state index is 12.9. The van der Waals surface area contributed by atoms with Gasteiger partial charge < -0.3 is 11.1 Å². The van der Waals surface area contributed by atoms with Gasteiger partial charge in [-0.1, -0.05) is 25.3 Å². The van der Waals surface area contributed by atoms with Crippen molar-refractivity contribution in [1.29, 1.82) is 0 Å². The molecule has 1 aromatic rings. The van der Waals surface area contributed by atoms with Crippen molar-refractivity contribution in [2.75, 3.05) is 19.6 Å². The minimum absolute atomic E-state index is 0. The molecule has 0 bridgehead atoms. The molecule has 0 radical (unpaired) electrons. The number of carbonyl (C=O) groups excluding carboxylic acids is 1. The molecular weight excluding hydrogens is 386 g/mol. The molecule has 1 amide bonds. The molecule has 2 fully saturated rings. The number of sulfonamides is 1. The second kappa shape index (κ2) is 9.87. The molecule has 2 aliphatic rings. The molecule has 3 rings (SSSR count). The lowest BCUT2D eigenvalue weighted by Gasteiger charge is -2.21. The molecule has 1 saturated heterocycles. The Labute approximate surface area is 168 Å². The first-order valence-electron chi connectivity index (χ1n) is 9.63. The van der Waals surface area contributed by atoms with Crippen LogP contribution in [0.15, 0.2) is 29.2 Å². The molecule has 27 heavy (non-hydrogen) atoms. The number of nitrogens with zero attached hydrogens (tertiary/aromatic N) is 1. The van der Waals surface area contributed by atoms with Crippen molar-refractivity contribution in [2.24, 2.45) is 11.7 Å². The van der Waals surface area contributed by atoms with Crippen LogP contribution in [0.2, 0.25) is 0 Å². The van der Waals surface area contributed by atoms with Crippen LogP contribution in [0, 0.1) is 5.92 Å². The summed E-state index contributed by atoms with van der Waals surface area (Å²) >= 11 is 0. The molecule has 8 heteroatoms. The summed E-state index contributed by atoms with van der Waals surface area (Å²) in [6.45, 7) is 1.67. The van der Waals surface area contributed by atoms with Crippen LogP contribution in [0.25, 0.3) is 0 Å². The first-order chi connectivity index (χ1) is 12.5. The molecule has 1 heterocycles. The molecular formula is C19H30ClN3O3S. The predicted molar refractivity (Wildman–Crippen MR) is 109 cm³/mol. The lowest BCUT2D eigenvalue weighted by Crippen LogP contribution is -2.40. The van der Waals surface area contributed by atoms with Gasteiger partial charge in [0, 0.05) is 24.7 Å². The summed E-state index contributed by atoms with van der Waals surface area (Å²) in [7, 11) is -3.55. The SMILES string of the molecule is Cl.NCC1CCCC1NC(=O)c1cccc(S(=O)(=O)N2CCCCCC2)c1. The molecule has 0 aromatic heterocycles. The number of hydrogen-bond acceptors (Lipinski definition) is 4. The summed E-state index contributed by atoms with van der Waals surface area (Å²) in [6, 6.07) is 6.48. The summed E-state index contributed by atoms with van der Waals surface area (Å²) in [4.78, 5) is 12.8. The molecule has 152 valence electrons. The van der Waals surface area contributed by atoms with Gasteiger partial charge in [-0.05, 0) is 56.3 Å². The zero-order chi connectivity index (χ0) is 18.6. The fraction of sp³-hybridized carbons (Fsp3) is 0.632. The van der Waals surface area contributed by atoms with E-state index in [1.165, 1.54) is 6.07 Å². The van der Waals surface area contributed by atoms with Crippen LogP contribution < -0.4 is 11.1 Å². The van der Waals surface area contributed by atoms with Gasteiger partial charge in [0.2, 0.25) is 10.0 Å². The van der Waals surface area contributed by atoms with Crippen molar-refractivity contribution in [3.63, 3.8) is 0 Å². The van der Waals surface area contributed by atoms with Crippen molar-refractivity contribution >= 4 is 28.3 Å². The average Bonchev–Trinajstić information content (AvgIpc) is 2.91. The standard InChI is InChI=1S/C19H29N3O3S.ClH/c20-14-16-8-6-10-18(16)21-19(23)15-7-5-9-17(13-15)26(24,25)22-11-3-1-2-4-12-22;/h5,7,9,13,16,18H,1-4,6,8,10-12,14,20H2,(H,21,23);1H. The smallest absolute Gasteiger partial charge is 0.251 e. The third kappa shape index (κ3) is 5.22. The molecule has 1 aromatic carbocycles. The first kappa shape index (κ1) is 22.1. The highest BCUT2D eigenvalue weighted by atomic mass is 35.5. The maximum absolute atomic E-state index is 12.9. The Morgan fingerprint density at radius 2 is 1.81 bits per heavy atom. The van der Waals surface area contributed by atoms with Gasteiger partial charge in [-0.3, -0.25) is 4.79 Å². The van der Waals surface area contributed by atoms with Gasteiger partial charge in [0.15, 0.2) is 0 Å². The molecule has 1 saturated carbocycles. The number of rotatable bonds is 5. The van der Waals surface area contributed by atoms with Crippen molar-refractivity contribution in [3.05, 3.63) is 29.8 Å². The van der Waals surface area contributed by atoms with E-state index in [2.05, 4.69) is 5.32 Å². The fourth-order valence-corrected chi connectivity index (χ4v) is 5.55. The molecule has 2 atom stereocenters. The Kier molecular flexibility index (Phi) is 8.09. The monoisotopic (exact) mass is 415 g/mol. The van der Waals surface area contributed by atoms with E-state index in [-0.39, 0.29) is 29.3 Å². The Morgan fingerprint density at radius 3 is 2.48 bits per heavy atom. The van der Waals surface area contributed by atoms with E-state index < -0.39 is 10.0 Å². The number of nitrogens with one attached hydrogen (secondary N) is 1. The number of nitrogens with two attached hydrogens (primary N) is 1. The van der Waals surface area contributed by atoms with Gasteiger partial charge in [-0.2, -0.15) is 4.31 Å². The van der Waals surface area contributed by atoms with Gasteiger partial charge >= 0.3 is 0 Å². The van der Waals surface area contributed by atoms with E-state index in [4.69, 9.17) is 5.73 Å². The van der Waals surface area contributed by atoms with Gasteiger partial charge in [-0.25, -0.2) is 8.42 Å². The van der Waals surface area contributed by atoms with Crippen molar-refractivity contribution in [2.45, 2.75) is 55.9 Å². The summed E-state index contributed by atoms with van der Waals surface area (Å²) in [5, 5.41) is 3.04. The van der Waals surface area contributed by atoms with Crippen LogP contribution in [-0.4, -0.2) is 44.3 Å². The minimum atomic E-state index is -3.55. The van der Waals surface area contributed by atoms with Crippen LogP contribution in [0.5, 0.6) is 0 Å².